The number of allylic oxidation sites excluding steroid dienone is 1. The van der Waals surface area contributed by atoms with Crippen LogP contribution in [-0.4, -0.2) is 4.98 Å². The molecule has 0 aliphatic heterocycles. The van der Waals surface area contributed by atoms with Crippen molar-refractivity contribution in [3.8, 4) is 0 Å². The van der Waals surface area contributed by atoms with Crippen molar-refractivity contribution >= 4 is 38.7 Å². The lowest BCUT2D eigenvalue weighted by atomic mass is 10.0. The second-order valence-corrected chi connectivity index (χ2v) is 5.59. The van der Waals surface area contributed by atoms with Crippen molar-refractivity contribution < 1.29 is 0 Å². The van der Waals surface area contributed by atoms with Gasteiger partial charge in [0, 0.05) is 21.8 Å². The maximum atomic E-state index is 3.56. The summed E-state index contributed by atoms with van der Waals surface area (Å²) in [5.74, 6) is 0. The minimum Gasteiger partial charge on any atom is -0.354 e. The zero-order valence-electron chi connectivity index (χ0n) is 12.3. The quantitative estimate of drug-likeness (QED) is 0.449. The van der Waals surface area contributed by atoms with Crippen LogP contribution in [0.15, 0.2) is 54.6 Å². The summed E-state index contributed by atoms with van der Waals surface area (Å²) >= 11 is 0. The molecule has 1 N–H and O–H groups in total. The van der Waals surface area contributed by atoms with Gasteiger partial charge < -0.3 is 4.98 Å². The minimum absolute atomic E-state index is 1.21. The standard InChI is InChI=1S/C20H17N/c1-3-6-15-12-19-17(11-13(15)2)20-16-8-5-4-7-14(16)9-10-18(20)21-19/h3-12,21H,1-2H3/b6-3-. The second-order valence-electron chi connectivity index (χ2n) is 5.59. The first-order chi connectivity index (χ1) is 10.3. The monoisotopic (exact) mass is 271 g/mol. The summed E-state index contributed by atoms with van der Waals surface area (Å²) in [7, 11) is 0. The molecule has 1 heterocycles. The predicted octanol–water partition coefficient (Wildman–Crippen LogP) is 5.82. The van der Waals surface area contributed by atoms with Crippen LogP contribution >= 0.6 is 0 Å². The number of nitrogens with one attached hydrogen (secondary N) is 1. The van der Waals surface area contributed by atoms with E-state index in [-0.39, 0.29) is 0 Å². The number of hydrogen-bond donors (Lipinski definition) is 1. The van der Waals surface area contributed by atoms with Crippen molar-refractivity contribution in [2.24, 2.45) is 0 Å². The second kappa shape index (κ2) is 4.49. The molecule has 0 aliphatic rings. The van der Waals surface area contributed by atoms with Gasteiger partial charge in [-0.2, -0.15) is 0 Å². The molecule has 4 aromatic rings. The van der Waals surface area contributed by atoms with Gasteiger partial charge in [0.25, 0.3) is 0 Å². The SMILES string of the molecule is C/C=C\c1cc2[nH]c3ccc4ccccc4c3c2cc1C. The molecule has 0 amide bonds. The molecule has 0 unspecified atom stereocenters. The van der Waals surface area contributed by atoms with E-state index in [0.29, 0.717) is 0 Å². The Morgan fingerprint density at radius 1 is 0.905 bits per heavy atom. The zero-order valence-corrected chi connectivity index (χ0v) is 12.3. The molecule has 0 aliphatic carbocycles. The van der Waals surface area contributed by atoms with E-state index in [1.165, 1.54) is 43.7 Å². The van der Waals surface area contributed by atoms with Gasteiger partial charge in [-0.3, -0.25) is 0 Å². The van der Waals surface area contributed by atoms with Crippen LogP contribution in [-0.2, 0) is 0 Å². The van der Waals surface area contributed by atoms with Crippen molar-refractivity contribution in [2.75, 3.05) is 0 Å². The maximum Gasteiger partial charge on any atom is 0.0471 e. The molecule has 0 atom stereocenters. The molecule has 1 heteroatoms. The number of H-pyrrole nitrogens is 1. The largest absolute Gasteiger partial charge is 0.354 e. The van der Waals surface area contributed by atoms with E-state index in [1.54, 1.807) is 0 Å². The van der Waals surface area contributed by atoms with Gasteiger partial charge in [0.2, 0.25) is 0 Å². The first kappa shape index (κ1) is 12.2. The topological polar surface area (TPSA) is 15.8 Å². The molecule has 102 valence electrons. The van der Waals surface area contributed by atoms with Gasteiger partial charge in [0.1, 0.15) is 0 Å². The van der Waals surface area contributed by atoms with Crippen LogP contribution in [0.25, 0.3) is 38.7 Å². The normalized spacial score (nSPS) is 12.1. The highest BCUT2D eigenvalue weighted by molar-refractivity contribution is 6.20. The van der Waals surface area contributed by atoms with Crippen LogP contribution in [0.2, 0.25) is 0 Å². The summed E-state index contributed by atoms with van der Waals surface area (Å²) < 4.78 is 0. The zero-order chi connectivity index (χ0) is 14.4. The summed E-state index contributed by atoms with van der Waals surface area (Å²) in [5.41, 5.74) is 5.01. The molecule has 0 saturated heterocycles. The molecule has 4 rings (SSSR count). The summed E-state index contributed by atoms with van der Waals surface area (Å²) in [6, 6.07) is 17.5. The van der Waals surface area contributed by atoms with Crippen molar-refractivity contribution in [1.82, 2.24) is 4.98 Å². The van der Waals surface area contributed by atoms with Crippen LogP contribution in [0.5, 0.6) is 0 Å². The highest BCUT2D eigenvalue weighted by atomic mass is 14.7. The molecule has 0 radical (unpaired) electrons. The van der Waals surface area contributed by atoms with Crippen molar-refractivity contribution in [3.63, 3.8) is 0 Å². The first-order valence-corrected chi connectivity index (χ1v) is 7.34. The fourth-order valence-electron chi connectivity index (χ4n) is 3.21. The Balaban J connectivity index is 2.20. The fourth-order valence-corrected chi connectivity index (χ4v) is 3.21. The van der Waals surface area contributed by atoms with Crippen molar-refractivity contribution in [3.05, 3.63) is 65.7 Å². The fraction of sp³-hybridized carbons (Fsp3) is 0.100. The summed E-state index contributed by atoms with van der Waals surface area (Å²) in [4.78, 5) is 3.56. The Labute approximate surface area is 123 Å². The Kier molecular flexibility index (Phi) is 2.61. The highest BCUT2D eigenvalue weighted by Crippen LogP contribution is 2.33. The van der Waals surface area contributed by atoms with Crippen LogP contribution in [0.3, 0.4) is 0 Å². The molecule has 21 heavy (non-hydrogen) atoms. The lowest BCUT2D eigenvalue weighted by Gasteiger charge is -2.03. The molecular weight excluding hydrogens is 254 g/mol. The van der Waals surface area contributed by atoms with Gasteiger partial charge in [-0.05, 0) is 53.9 Å². The van der Waals surface area contributed by atoms with Gasteiger partial charge in [0.05, 0.1) is 0 Å². The van der Waals surface area contributed by atoms with E-state index in [2.05, 4.69) is 79.5 Å². The third kappa shape index (κ3) is 1.78. The van der Waals surface area contributed by atoms with E-state index < -0.39 is 0 Å². The smallest absolute Gasteiger partial charge is 0.0471 e. The third-order valence-electron chi connectivity index (χ3n) is 4.22. The van der Waals surface area contributed by atoms with Gasteiger partial charge in [-0.1, -0.05) is 42.5 Å². The Morgan fingerprint density at radius 2 is 1.76 bits per heavy atom. The average Bonchev–Trinajstić information content (AvgIpc) is 2.86. The predicted molar refractivity (Wildman–Crippen MR) is 92.8 cm³/mol. The van der Waals surface area contributed by atoms with E-state index in [4.69, 9.17) is 0 Å². The van der Waals surface area contributed by atoms with Crippen molar-refractivity contribution in [1.29, 1.82) is 0 Å². The van der Waals surface area contributed by atoms with Crippen molar-refractivity contribution in [2.45, 2.75) is 13.8 Å². The molecule has 1 nitrogen and oxygen atoms in total. The average molecular weight is 271 g/mol. The molecule has 0 saturated carbocycles. The Hall–Kier alpha value is -2.54. The number of benzene rings is 3. The molecule has 0 spiro atoms. The van der Waals surface area contributed by atoms with E-state index in [0.717, 1.165) is 0 Å². The number of fused-ring (bicyclic) bond motifs is 5. The highest BCUT2D eigenvalue weighted by Gasteiger charge is 2.09. The van der Waals surface area contributed by atoms with Gasteiger partial charge in [0.15, 0.2) is 0 Å². The van der Waals surface area contributed by atoms with Crippen LogP contribution < -0.4 is 0 Å². The third-order valence-corrected chi connectivity index (χ3v) is 4.22. The van der Waals surface area contributed by atoms with Gasteiger partial charge in [-0.15, -0.1) is 0 Å². The van der Waals surface area contributed by atoms with Gasteiger partial charge >= 0.3 is 0 Å². The number of hydrogen-bond acceptors (Lipinski definition) is 0. The first-order valence-electron chi connectivity index (χ1n) is 7.34. The lowest BCUT2D eigenvalue weighted by molar-refractivity contribution is 1.46. The van der Waals surface area contributed by atoms with Crippen LogP contribution in [0.1, 0.15) is 18.1 Å². The van der Waals surface area contributed by atoms with E-state index >= 15 is 0 Å². The van der Waals surface area contributed by atoms with E-state index in [9.17, 15) is 0 Å². The number of aromatic amines is 1. The molecular formula is C20H17N. The van der Waals surface area contributed by atoms with Gasteiger partial charge in [-0.25, -0.2) is 0 Å². The molecule has 0 bridgehead atoms. The summed E-state index contributed by atoms with van der Waals surface area (Å²) in [5, 5.41) is 5.26. The van der Waals surface area contributed by atoms with E-state index in [1.807, 2.05) is 0 Å². The summed E-state index contributed by atoms with van der Waals surface area (Å²) in [6.07, 6.45) is 4.25. The molecule has 0 fully saturated rings. The molecule has 3 aromatic carbocycles. The number of aromatic nitrogens is 1. The van der Waals surface area contributed by atoms with Crippen LogP contribution in [0, 0.1) is 6.92 Å². The maximum absolute atomic E-state index is 3.56. The Morgan fingerprint density at radius 3 is 2.62 bits per heavy atom. The summed E-state index contributed by atoms with van der Waals surface area (Å²) in [6.45, 7) is 4.24. The lowest BCUT2D eigenvalue weighted by Crippen LogP contribution is -1.81. The molecule has 1 aromatic heterocycles. The number of aryl methyl sites for hydroxylation is 1. The Bertz CT molecular complexity index is 1000. The number of rotatable bonds is 1. The minimum atomic E-state index is 1.21. The van der Waals surface area contributed by atoms with Crippen LogP contribution in [0.4, 0.5) is 0 Å².